The van der Waals surface area contributed by atoms with Crippen LogP contribution in [0, 0.1) is 5.82 Å². The molecule has 0 spiro atoms. The van der Waals surface area contributed by atoms with Crippen molar-refractivity contribution in [2.45, 2.75) is 24.2 Å². The van der Waals surface area contributed by atoms with Crippen LogP contribution in [-0.2, 0) is 10.8 Å². The van der Waals surface area contributed by atoms with Crippen LogP contribution in [-0.4, -0.2) is 45.6 Å². The van der Waals surface area contributed by atoms with Crippen molar-refractivity contribution in [2.75, 3.05) is 25.4 Å². The highest BCUT2D eigenvalue weighted by atomic mass is 32.2. The molecule has 110 valence electrons. The van der Waals surface area contributed by atoms with E-state index in [0.29, 0.717) is 5.75 Å². The lowest BCUT2D eigenvalue weighted by molar-refractivity contribution is 0.0696. The predicted molar refractivity (Wildman–Crippen MR) is 74.9 cm³/mol. The summed E-state index contributed by atoms with van der Waals surface area (Å²) in [4.78, 5) is 13.1. The molecule has 1 atom stereocenters. The molecule has 0 amide bonds. The minimum absolute atomic E-state index is 0.00804. The number of carbonyl (C=O) groups is 1. The van der Waals surface area contributed by atoms with E-state index in [1.165, 1.54) is 25.0 Å². The molecule has 1 heterocycles. The molecule has 1 aliphatic rings. The van der Waals surface area contributed by atoms with E-state index >= 15 is 0 Å². The summed E-state index contributed by atoms with van der Waals surface area (Å²) in [5.41, 5.74) is -0.0331. The molecule has 1 N–H and O–H groups in total. The van der Waals surface area contributed by atoms with Gasteiger partial charge in [-0.25, -0.2) is 9.18 Å². The second-order valence-corrected chi connectivity index (χ2v) is 6.44. The van der Waals surface area contributed by atoms with Gasteiger partial charge in [0.25, 0.3) is 0 Å². The molecule has 20 heavy (non-hydrogen) atoms. The van der Waals surface area contributed by atoms with Gasteiger partial charge in [-0.2, -0.15) is 0 Å². The van der Waals surface area contributed by atoms with Gasteiger partial charge < -0.3 is 10.0 Å². The highest BCUT2D eigenvalue weighted by Crippen LogP contribution is 2.16. The SMILES string of the molecule is O=C(O)c1ccc(F)c(S(=O)CCCN2CCCC2)c1. The third-order valence-corrected chi connectivity index (χ3v) is 4.89. The smallest absolute Gasteiger partial charge is 0.335 e. The average Bonchev–Trinajstić information content (AvgIpc) is 2.92. The van der Waals surface area contributed by atoms with E-state index in [4.69, 9.17) is 5.11 Å². The predicted octanol–water partition coefficient (Wildman–Crippen LogP) is 2.12. The first-order valence-electron chi connectivity index (χ1n) is 6.71. The monoisotopic (exact) mass is 299 g/mol. The Kier molecular flexibility index (Phi) is 5.25. The van der Waals surface area contributed by atoms with E-state index in [-0.39, 0.29) is 10.5 Å². The molecule has 0 saturated carbocycles. The van der Waals surface area contributed by atoms with Crippen molar-refractivity contribution in [3.63, 3.8) is 0 Å². The number of likely N-dealkylation sites (tertiary alicyclic amines) is 1. The zero-order chi connectivity index (χ0) is 14.5. The summed E-state index contributed by atoms with van der Waals surface area (Å²) in [5.74, 6) is -1.38. The molecular formula is C14H18FNO3S. The van der Waals surface area contributed by atoms with Gasteiger partial charge in [0.15, 0.2) is 0 Å². The van der Waals surface area contributed by atoms with Gasteiger partial charge in [0, 0.05) is 5.75 Å². The first-order valence-corrected chi connectivity index (χ1v) is 8.03. The lowest BCUT2D eigenvalue weighted by Gasteiger charge is -2.13. The van der Waals surface area contributed by atoms with Crippen LogP contribution >= 0.6 is 0 Å². The molecule has 1 aromatic rings. The number of benzene rings is 1. The van der Waals surface area contributed by atoms with Gasteiger partial charge in [0.2, 0.25) is 0 Å². The summed E-state index contributed by atoms with van der Waals surface area (Å²) in [7, 11) is -1.49. The van der Waals surface area contributed by atoms with Crippen molar-refractivity contribution in [1.82, 2.24) is 4.90 Å². The largest absolute Gasteiger partial charge is 0.478 e. The number of nitrogens with zero attached hydrogens (tertiary/aromatic N) is 1. The van der Waals surface area contributed by atoms with Gasteiger partial charge in [-0.15, -0.1) is 0 Å². The minimum atomic E-state index is -1.49. The van der Waals surface area contributed by atoms with Crippen LogP contribution in [0.1, 0.15) is 29.6 Å². The summed E-state index contributed by atoms with van der Waals surface area (Å²) < 4.78 is 25.7. The third-order valence-electron chi connectivity index (χ3n) is 3.43. The number of carboxylic acid groups (broad SMARTS) is 1. The maximum atomic E-state index is 13.6. The molecule has 0 radical (unpaired) electrons. The zero-order valence-corrected chi connectivity index (χ0v) is 12.0. The molecule has 6 heteroatoms. The maximum Gasteiger partial charge on any atom is 0.335 e. The number of rotatable bonds is 6. The number of carboxylic acids is 1. The molecule has 1 saturated heterocycles. The van der Waals surface area contributed by atoms with Crippen LogP contribution in [0.5, 0.6) is 0 Å². The Morgan fingerprint density at radius 2 is 2.05 bits per heavy atom. The van der Waals surface area contributed by atoms with Gasteiger partial charge in [-0.1, -0.05) is 0 Å². The summed E-state index contributed by atoms with van der Waals surface area (Å²) in [5, 5.41) is 8.87. The fourth-order valence-corrected chi connectivity index (χ4v) is 3.50. The lowest BCUT2D eigenvalue weighted by Crippen LogP contribution is -2.21. The molecule has 2 rings (SSSR count). The first kappa shape index (κ1) is 15.1. The molecule has 4 nitrogen and oxygen atoms in total. The molecule has 1 fully saturated rings. The maximum absolute atomic E-state index is 13.6. The third kappa shape index (κ3) is 3.86. The van der Waals surface area contributed by atoms with E-state index in [9.17, 15) is 13.4 Å². The van der Waals surface area contributed by atoms with Gasteiger partial charge in [-0.3, -0.25) is 4.21 Å². The summed E-state index contributed by atoms with van der Waals surface area (Å²) in [6.45, 7) is 3.02. The first-order chi connectivity index (χ1) is 9.58. The summed E-state index contributed by atoms with van der Waals surface area (Å²) >= 11 is 0. The normalized spacial score (nSPS) is 17.2. The number of hydrogen-bond acceptors (Lipinski definition) is 3. The Labute approximate surface area is 120 Å². The van der Waals surface area contributed by atoms with Gasteiger partial charge >= 0.3 is 5.97 Å². The van der Waals surface area contributed by atoms with Crippen LogP contribution < -0.4 is 0 Å². The fraction of sp³-hybridized carbons (Fsp3) is 0.500. The van der Waals surface area contributed by atoms with E-state index in [0.717, 1.165) is 32.1 Å². The second-order valence-electron chi connectivity index (χ2n) is 4.90. The van der Waals surface area contributed by atoms with E-state index in [2.05, 4.69) is 4.90 Å². The average molecular weight is 299 g/mol. The second kappa shape index (κ2) is 6.95. The highest BCUT2D eigenvalue weighted by Gasteiger charge is 2.15. The number of hydrogen-bond donors (Lipinski definition) is 1. The zero-order valence-electron chi connectivity index (χ0n) is 11.2. The molecule has 1 aliphatic heterocycles. The molecule has 0 bridgehead atoms. The highest BCUT2D eigenvalue weighted by molar-refractivity contribution is 7.85. The Balaban J connectivity index is 1.94. The topological polar surface area (TPSA) is 57.6 Å². The Morgan fingerprint density at radius 1 is 1.35 bits per heavy atom. The van der Waals surface area contributed by atoms with Crippen molar-refractivity contribution in [3.8, 4) is 0 Å². The van der Waals surface area contributed by atoms with Gasteiger partial charge in [0.05, 0.1) is 21.3 Å². The van der Waals surface area contributed by atoms with Gasteiger partial charge in [0.1, 0.15) is 5.82 Å². The quantitative estimate of drug-likeness (QED) is 0.874. The van der Waals surface area contributed by atoms with E-state index in [1.54, 1.807) is 0 Å². The van der Waals surface area contributed by atoms with Crippen molar-refractivity contribution in [1.29, 1.82) is 0 Å². The molecular weight excluding hydrogens is 281 g/mol. The number of aromatic carboxylic acids is 1. The summed E-state index contributed by atoms with van der Waals surface area (Å²) in [6.07, 6.45) is 3.14. The minimum Gasteiger partial charge on any atom is -0.478 e. The van der Waals surface area contributed by atoms with Crippen LogP contribution in [0.25, 0.3) is 0 Å². The van der Waals surface area contributed by atoms with Crippen molar-refractivity contribution in [3.05, 3.63) is 29.6 Å². The number of halogens is 1. The van der Waals surface area contributed by atoms with E-state index < -0.39 is 22.6 Å². The van der Waals surface area contributed by atoms with Crippen molar-refractivity contribution >= 4 is 16.8 Å². The summed E-state index contributed by atoms with van der Waals surface area (Å²) in [6, 6.07) is 3.42. The van der Waals surface area contributed by atoms with Crippen LogP contribution in [0.4, 0.5) is 4.39 Å². The molecule has 1 aromatic carbocycles. The Hall–Kier alpha value is -1.27. The standard InChI is InChI=1S/C14H18FNO3S/c15-12-5-4-11(14(17)18)10-13(12)20(19)9-3-8-16-6-1-2-7-16/h4-5,10H,1-3,6-9H2,(H,17,18). The molecule has 1 unspecified atom stereocenters. The fourth-order valence-electron chi connectivity index (χ4n) is 2.35. The lowest BCUT2D eigenvalue weighted by atomic mass is 10.2. The van der Waals surface area contributed by atoms with Crippen LogP contribution in [0.15, 0.2) is 23.1 Å². The van der Waals surface area contributed by atoms with E-state index in [1.807, 2.05) is 0 Å². The van der Waals surface area contributed by atoms with Gasteiger partial charge in [-0.05, 0) is 57.1 Å². The van der Waals surface area contributed by atoms with Crippen LogP contribution in [0.2, 0.25) is 0 Å². The van der Waals surface area contributed by atoms with Crippen LogP contribution in [0.3, 0.4) is 0 Å². The molecule has 0 aromatic heterocycles. The van der Waals surface area contributed by atoms with Crippen molar-refractivity contribution < 1.29 is 18.5 Å². The Bertz CT molecular complexity index is 515. The molecule has 0 aliphatic carbocycles. The van der Waals surface area contributed by atoms with Crippen molar-refractivity contribution in [2.24, 2.45) is 0 Å². The Morgan fingerprint density at radius 3 is 2.70 bits per heavy atom.